The summed E-state index contributed by atoms with van der Waals surface area (Å²) in [7, 11) is 0. The highest BCUT2D eigenvalue weighted by molar-refractivity contribution is 7.98. The Balaban J connectivity index is 1.72. The Bertz CT molecular complexity index is 1330. The minimum absolute atomic E-state index is 0.145. The van der Waals surface area contributed by atoms with Crippen molar-refractivity contribution in [1.29, 1.82) is 0 Å². The number of carbonyl (C=O) groups excluding carboxylic acids is 3. The van der Waals surface area contributed by atoms with Gasteiger partial charge in [0.1, 0.15) is 18.1 Å². The van der Waals surface area contributed by atoms with E-state index in [2.05, 4.69) is 20.9 Å². The van der Waals surface area contributed by atoms with Crippen LogP contribution in [0.15, 0.2) is 60.8 Å². The van der Waals surface area contributed by atoms with Crippen LogP contribution in [0.4, 0.5) is 0 Å². The maximum Gasteiger partial charge on any atom is 0.326 e. The lowest BCUT2D eigenvalue weighted by atomic mass is 9.99. The zero-order valence-corrected chi connectivity index (χ0v) is 24.4. The Morgan fingerprint density at radius 1 is 0.878 bits per heavy atom. The number of hydrogen-bond donors (Lipinski definition) is 6. The van der Waals surface area contributed by atoms with Gasteiger partial charge in [-0.15, -0.1) is 0 Å². The number of benzene rings is 2. The summed E-state index contributed by atoms with van der Waals surface area (Å²) in [6.07, 6.45) is 4.33. The van der Waals surface area contributed by atoms with Gasteiger partial charge in [-0.2, -0.15) is 11.8 Å². The Labute approximate surface area is 244 Å². The number of nitrogens with two attached hydrogens (primary N) is 1. The summed E-state index contributed by atoms with van der Waals surface area (Å²) in [4.78, 5) is 54.7. The number of aliphatic carboxylic acids is 1. The molecule has 3 aromatic rings. The molecule has 1 aromatic heterocycles. The number of para-hydroxylation sites is 1. The van der Waals surface area contributed by atoms with Crippen LogP contribution >= 0.6 is 11.8 Å². The third kappa shape index (κ3) is 9.09. The Morgan fingerprint density at radius 3 is 2.20 bits per heavy atom. The van der Waals surface area contributed by atoms with E-state index in [1.54, 1.807) is 13.8 Å². The van der Waals surface area contributed by atoms with Crippen LogP contribution in [0.3, 0.4) is 0 Å². The zero-order chi connectivity index (χ0) is 29.9. The molecule has 2 aromatic carbocycles. The first-order valence-corrected chi connectivity index (χ1v) is 15.0. The second-order valence-electron chi connectivity index (χ2n) is 10.3. The predicted molar refractivity (Wildman–Crippen MR) is 161 cm³/mol. The molecule has 41 heavy (non-hydrogen) atoms. The molecule has 3 amide bonds. The van der Waals surface area contributed by atoms with E-state index in [4.69, 9.17) is 5.73 Å². The zero-order valence-electron chi connectivity index (χ0n) is 23.6. The molecule has 0 aliphatic heterocycles. The molecule has 0 bridgehead atoms. The monoisotopic (exact) mass is 581 g/mol. The van der Waals surface area contributed by atoms with E-state index in [1.807, 2.05) is 67.0 Å². The van der Waals surface area contributed by atoms with Gasteiger partial charge in [0, 0.05) is 23.5 Å². The van der Waals surface area contributed by atoms with Gasteiger partial charge in [-0.25, -0.2) is 4.79 Å². The number of fused-ring (bicyclic) bond motifs is 1. The number of hydrogen-bond acceptors (Lipinski definition) is 6. The summed E-state index contributed by atoms with van der Waals surface area (Å²) < 4.78 is 0. The number of amides is 3. The van der Waals surface area contributed by atoms with Crippen molar-refractivity contribution in [3.63, 3.8) is 0 Å². The van der Waals surface area contributed by atoms with Crippen molar-refractivity contribution in [1.82, 2.24) is 20.9 Å². The highest BCUT2D eigenvalue weighted by atomic mass is 32.2. The third-order valence-electron chi connectivity index (χ3n) is 6.84. The van der Waals surface area contributed by atoms with Crippen LogP contribution in [-0.4, -0.2) is 70.0 Å². The summed E-state index contributed by atoms with van der Waals surface area (Å²) in [6, 6.07) is 12.8. The minimum Gasteiger partial charge on any atom is -0.480 e. The molecule has 4 atom stereocenters. The SMILES string of the molecule is CSCCC(NC(=O)C(Cc1ccccc1)NC(=O)C(NC(=O)C(N)Cc1c[nH]c2ccccc12)C(C)C)C(=O)O. The maximum atomic E-state index is 13.5. The van der Waals surface area contributed by atoms with E-state index in [1.165, 1.54) is 11.8 Å². The van der Waals surface area contributed by atoms with E-state index in [9.17, 15) is 24.3 Å². The molecule has 0 aliphatic rings. The molecule has 3 rings (SSSR count). The Kier molecular flexibility index (Phi) is 11.8. The van der Waals surface area contributed by atoms with E-state index < -0.39 is 47.9 Å². The van der Waals surface area contributed by atoms with Gasteiger partial charge >= 0.3 is 5.97 Å². The average Bonchev–Trinajstić information content (AvgIpc) is 3.36. The van der Waals surface area contributed by atoms with Crippen LogP contribution in [0.2, 0.25) is 0 Å². The average molecular weight is 582 g/mol. The molecular weight excluding hydrogens is 542 g/mol. The number of carbonyl (C=O) groups is 4. The lowest BCUT2D eigenvalue weighted by molar-refractivity contribution is -0.142. The van der Waals surface area contributed by atoms with E-state index in [0.29, 0.717) is 5.75 Å². The molecule has 0 aliphatic carbocycles. The molecule has 220 valence electrons. The van der Waals surface area contributed by atoms with Crippen molar-refractivity contribution < 1.29 is 24.3 Å². The molecule has 0 fully saturated rings. The number of aromatic amines is 1. The van der Waals surface area contributed by atoms with Gasteiger partial charge in [-0.05, 0) is 48.0 Å². The summed E-state index contributed by atoms with van der Waals surface area (Å²) in [5, 5.41) is 18.6. The molecular formula is C30H39N5O5S. The lowest BCUT2D eigenvalue weighted by Gasteiger charge is -2.27. The summed E-state index contributed by atoms with van der Waals surface area (Å²) in [5.41, 5.74) is 8.86. The number of H-pyrrole nitrogens is 1. The lowest BCUT2D eigenvalue weighted by Crippen LogP contribution is -2.59. The van der Waals surface area contributed by atoms with Crippen LogP contribution in [0.25, 0.3) is 10.9 Å². The summed E-state index contributed by atoms with van der Waals surface area (Å²) in [5.74, 6) is -2.56. The molecule has 4 unspecified atom stereocenters. The molecule has 0 radical (unpaired) electrons. The fraction of sp³-hybridized carbons (Fsp3) is 0.400. The van der Waals surface area contributed by atoms with Crippen LogP contribution in [-0.2, 0) is 32.0 Å². The Morgan fingerprint density at radius 2 is 1.54 bits per heavy atom. The largest absolute Gasteiger partial charge is 0.480 e. The van der Waals surface area contributed by atoms with Crippen molar-refractivity contribution in [2.24, 2.45) is 11.7 Å². The van der Waals surface area contributed by atoms with Crippen LogP contribution in [0.5, 0.6) is 0 Å². The molecule has 0 saturated heterocycles. The number of aromatic nitrogens is 1. The molecule has 0 saturated carbocycles. The minimum atomic E-state index is -1.14. The van der Waals surface area contributed by atoms with Gasteiger partial charge in [0.2, 0.25) is 17.7 Å². The van der Waals surface area contributed by atoms with Gasteiger partial charge in [0.15, 0.2) is 0 Å². The molecule has 1 heterocycles. The van der Waals surface area contributed by atoms with Gasteiger partial charge in [-0.1, -0.05) is 62.4 Å². The van der Waals surface area contributed by atoms with Crippen molar-refractivity contribution in [2.75, 3.05) is 12.0 Å². The van der Waals surface area contributed by atoms with Gasteiger partial charge in [-0.3, -0.25) is 14.4 Å². The predicted octanol–water partition coefficient (Wildman–Crippen LogP) is 2.23. The number of thioether (sulfide) groups is 1. The van der Waals surface area contributed by atoms with Gasteiger partial charge < -0.3 is 31.8 Å². The summed E-state index contributed by atoms with van der Waals surface area (Å²) >= 11 is 1.48. The van der Waals surface area contributed by atoms with Crippen molar-refractivity contribution >= 4 is 46.4 Å². The first-order chi connectivity index (χ1) is 19.6. The second-order valence-corrected chi connectivity index (χ2v) is 11.3. The second kappa shape index (κ2) is 15.2. The molecule has 10 nitrogen and oxygen atoms in total. The van der Waals surface area contributed by atoms with Crippen molar-refractivity contribution in [2.45, 2.75) is 57.3 Å². The first kappa shape index (κ1) is 31.7. The normalized spacial score (nSPS) is 14.2. The fourth-order valence-electron chi connectivity index (χ4n) is 4.51. The van der Waals surface area contributed by atoms with Crippen molar-refractivity contribution in [3.05, 3.63) is 71.9 Å². The number of carboxylic acids is 1. The van der Waals surface area contributed by atoms with E-state index >= 15 is 0 Å². The molecule has 7 N–H and O–H groups in total. The first-order valence-electron chi connectivity index (χ1n) is 13.6. The van der Waals surface area contributed by atoms with Crippen LogP contribution in [0.1, 0.15) is 31.4 Å². The van der Waals surface area contributed by atoms with E-state index in [0.717, 1.165) is 22.0 Å². The van der Waals surface area contributed by atoms with Crippen LogP contribution < -0.4 is 21.7 Å². The van der Waals surface area contributed by atoms with E-state index in [-0.39, 0.29) is 25.2 Å². The highest BCUT2D eigenvalue weighted by Gasteiger charge is 2.32. The topological polar surface area (TPSA) is 166 Å². The fourth-order valence-corrected chi connectivity index (χ4v) is 4.98. The third-order valence-corrected chi connectivity index (χ3v) is 7.48. The van der Waals surface area contributed by atoms with Crippen LogP contribution in [0, 0.1) is 5.92 Å². The maximum absolute atomic E-state index is 13.5. The summed E-state index contributed by atoms with van der Waals surface area (Å²) in [6.45, 7) is 3.57. The number of nitrogens with one attached hydrogen (secondary N) is 4. The quantitative estimate of drug-likeness (QED) is 0.160. The standard InChI is InChI=1S/C30H39N5O5S/c1-18(2)26(35-27(36)22(31)16-20-17-32-23-12-8-7-11-21(20)23)29(38)34-25(15-19-9-5-4-6-10-19)28(37)33-24(30(39)40)13-14-41-3/h4-12,17-18,22,24-26,32H,13-16,31H2,1-3H3,(H,33,37)(H,34,38)(H,35,36)(H,39,40). The molecule has 0 spiro atoms. The van der Waals surface area contributed by atoms with Gasteiger partial charge in [0.25, 0.3) is 0 Å². The Hall–Kier alpha value is -3.83. The number of carboxylic acid groups (broad SMARTS) is 1. The number of rotatable bonds is 15. The van der Waals surface area contributed by atoms with Crippen molar-refractivity contribution in [3.8, 4) is 0 Å². The van der Waals surface area contributed by atoms with Gasteiger partial charge in [0.05, 0.1) is 6.04 Å². The molecule has 11 heteroatoms. The highest BCUT2D eigenvalue weighted by Crippen LogP contribution is 2.19. The smallest absolute Gasteiger partial charge is 0.326 e.